The van der Waals surface area contributed by atoms with E-state index in [4.69, 9.17) is 9.57 Å². The fourth-order valence-corrected chi connectivity index (χ4v) is 2.33. The minimum atomic E-state index is 0.488. The second kappa shape index (κ2) is 7.46. The van der Waals surface area contributed by atoms with Gasteiger partial charge in [0, 0.05) is 12.4 Å². The molecule has 0 unspecified atom stereocenters. The summed E-state index contributed by atoms with van der Waals surface area (Å²) in [6.07, 6.45) is 5.18. The lowest BCUT2D eigenvalue weighted by molar-refractivity contribution is 0.212. The zero-order valence-electron chi connectivity index (χ0n) is 13.7. The van der Waals surface area contributed by atoms with Gasteiger partial charge in [-0.2, -0.15) is 0 Å². The average molecular weight is 321 g/mol. The van der Waals surface area contributed by atoms with Gasteiger partial charge in [0.05, 0.1) is 5.56 Å². The summed E-state index contributed by atoms with van der Waals surface area (Å²) >= 11 is 0. The fraction of sp³-hybridized carbons (Fsp3) is 0.158. The van der Waals surface area contributed by atoms with E-state index in [2.05, 4.69) is 41.3 Å². The number of hydrogen-bond donors (Lipinski definition) is 0. The fourth-order valence-electron chi connectivity index (χ4n) is 2.33. The molecule has 0 N–H and O–H groups in total. The van der Waals surface area contributed by atoms with Crippen LogP contribution in [0.25, 0.3) is 0 Å². The SMILES string of the molecule is CON=C(c1ccccc1OCc1ccc(C)cc1)n1ccnc1. The Kier molecular flexibility index (Phi) is 4.91. The molecule has 0 saturated heterocycles. The lowest BCUT2D eigenvalue weighted by Crippen LogP contribution is -2.14. The molecule has 24 heavy (non-hydrogen) atoms. The second-order valence-electron chi connectivity index (χ2n) is 5.34. The first-order valence-corrected chi connectivity index (χ1v) is 7.65. The Morgan fingerprint density at radius 3 is 2.62 bits per heavy atom. The van der Waals surface area contributed by atoms with Crippen molar-refractivity contribution in [3.63, 3.8) is 0 Å². The van der Waals surface area contributed by atoms with Crippen molar-refractivity contribution in [1.29, 1.82) is 0 Å². The minimum Gasteiger partial charge on any atom is -0.488 e. The molecular formula is C19H19N3O2. The first-order chi connectivity index (χ1) is 11.8. The Balaban J connectivity index is 1.87. The molecule has 5 nitrogen and oxygen atoms in total. The first-order valence-electron chi connectivity index (χ1n) is 7.65. The Labute approximate surface area is 141 Å². The number of ether oxygens (including phenoxy) is 1. The van der Waals surface area contributed by atoms with E-state index in [1.165, 1.54) is 12.7 Å². The number of aromatic nitrogens is 2. The highest BCUT2D eigenvalue weighted by Gasteiger charge is 2.13. The number of nitrogens with zero attached hydrogens (tertiary/aromatic N) is 3. The molecule has 1 heterocycles. The quantitative estimate of drug-likeness (QED) is 0.410. The lowest BCUT2D eigenvalue weighted by atomic mass is 10.1. The average Bonchev–Trinajstić information content (AvgIpc) is 3.14. The van der Waals surface area contributed by atoms with Crippen LogP contribution in [0.2, 0.25) is 0 Å². The second-order valence-corrected chi connectivity index (χ2v) is 5.34. The van der Waals surface area contributed by atoms with Crippen LogP contribution in [0.1, 0.15) is 16.7 Å². The van der Waals surface area contributed by atoms with Crippen LogP contribution in [0.5, 0.6) is 5.75 Å². The molecule has 0 fully saturated rings. The van der Waals surface area contributed by atoms with Gasteiger partial charge in [-0.15, -0.1) is 0 Å². The van der Waals surface area contributed by atoms with Gasteiger partial charge in [0.2, 0.25) is 0 Å². The van der Waals surface area contributed by atoms with Gasteiger partial charge in [0.25, 0.3) is 0 Å². The Bertz CT molecular complexity index is 809. The van der Waals surface area contributed by atoms with E-state index in [0.717, 1.165) is 16.9 Å². The number of aryl methyl sites for hydroxylation is 1. The van der Waals surface area contributed by atoms with E-state index in [1.54, 1.807) is 17.1 Å². The lowest BCUT2D eigenvalue weighted by Gasteiger charge is -2.13. The number of imidazole rings is 1. The summed E-state index contributed by atoms with van der Waals surface area (Å²) in [6.45, 7) is 2.56. The van der Waals surface area contributed by atoms with Crippen molar-refractivity contribution in [2.45, 2.75) is 13.5 Å². The van der Waals surface area contributed by atoms with Crippen molar-refractivity contribution in [2.75, 3.05) is 7.11 Å². The zero-order valence-corrected chi connectivity index (χ0v) is 13.7. The van der Waals surface area contributed by atoms with Crippen molar-refractivity contribution < 1.29 is 9.57 Å². The molecule has 0 amide bonds. The van der Waals surface area contributed by atoms with Gasteiger partial charge in [-0.3, -0.25) is 4.57 Å². The smallest absolute Gasteiger partial charge is 0.188 e. The van der Waals surface area contributed by atoms with Crippen molar-refractivity contribution >= 4 is 5.84 Å². The van der Waals surface area contributed by atoms with Crippen LogP contribution in [-0.4, -0.2) is 22.5 Å². The highest BCUT2D eigenvalue weighted by molar-refractivity contribution is 6.02. The molecule has 3 aromatic rings. The molecule has 0 radical (unpaired) electrons. The maximum absolute atomic E-state index is 6.02. The third-order valence-electron chi connectivity index (χ3n) is 3.57. The normalized spacial score (nSPS) is 11.3. The van der Waals surface area contributed by atoms with Crippen LogP contribution in [0, 0.1) is 6.92 Å². The van der Waals surface area contributed by atoms with Gasteiger partial charge >= 0.3 is 0 Å². The van der Waals surface area contributed by atoms with E-state index in [0.29, 0.717) is 12.4 Å². The van der Waals surface area contributed by atoms with Crippen LogP contribution < -0.4 is 4.74 Å². The Morgan fingerprint density at radius 1 is 1.12 bits per heavy atom. The molecule has 0 atom stereocenters. The van der Waals surface area contributed by atoms with Gasteiger partial charge in [0.15, 0.2) is 5.84 Å². The molecule has 0 aliphatic heterocycles. The summed E-state index contributed by atoms with van der Waals surface area (Å²) < 4.78 is 7.81. The molecule has 3 rings (SSSR count). The van der Waals surface area contributed by atoms with E-state index >= 15 is 0 Å². The summed E-state index contributed by atoms with van der Waals surface area (Å²) in [5, 5.41) is 4.12. The van der Waals surface area contributed by atoms with E-state index in [-0.39, 0.29) is 0 Å². The Hall–Kier alpha value is -3.08. The molecule has 1 aromatic heterocycles. The largest absolute Gasteiger partial charge is 0.488 e. The first kappa shape index (κ1) is 15.8. The third-order valence-corrected chi connectivity index (χ3v) is 3.57. The molecule has 2 aromatic carbocycles. The number of rotatable bonds is 5. The van der Waals surface area contributed by atoms with Crippen molar-refractivity contribution in [3.05, 3.63) is 83.9 Å². The summed E-state index contributed by atoms with van der Waals surface area (Å²) in [4.78, 5) is 9.07. The van der Waals surface area contributed by atoms with E-state index in [9.17, 15) is 0 Å². The van der Waals surface area contributed by atoms with Crippen LogP contribution in [0.3, 0.4) is 0 Å². The summed E-state index contributed by atoms with van der Waals surface area (Å²) in [7, 11) is 1.52. The molecule has 0 aliphatic rings. The van der Waals surface area contributed by atoms with Gasteiger partial charge in [-0.1, -0.05) is 47.1 Å². The predicted octanol–water partition coefficient (Wildman–Crippen LogP) is 3.63. The van der Waals surface area contributed by atoms with E-state index < -0.39 is 0 Å². The highest BCUT2D eigenvalue weighted by atomic mass is 16.6. The zero-order chi connectivity index (χ0) is 16.8. The van der Waals surface area contributed by atoms with Crippen molar-refractivity contribution in [3.8, 4) is 5.75 Å². The molecular weight excluding hydrogens is 302 g/mol. The molecule has 0 spiro atoms. The maximum Gasteiger partial charge on any atom is 0.188 e. The number of hydrogen-bond acceptors (Lipinski definition) is 4. The number of para-hydroxylation sites is 1. The molecule has 0 aliphatic carbocycles. The molecule has 122 valence electrons. The summed E-state index contributed by atoms with van der Waals surface area (Å²) in [5.41, 5.74) is 3.18. The van der Waals surface area contributed by atoms with Crippen LogP contribution in [0.15, 0.2) is 72.4 Å². The summed E-state index contributed by atoms with van der Waals surface area (Å²) in [5.74, 6) is 1.36. The van der Waals surface area contributed by atoms with E-state index in [1.807, 2.05) is 30.5 Å². The molecule has 0 bridgehead atoms. The molecule has 5 heteroatoms. The minimum absolute atomic E-state index is 0.488. The topological polar surface area (TPSA) is 48.6 Å². The Morgan fingerprint density at radius 2 is 1.92 bits per heavy atom. The van der Waals surface area contributed by atoms with Gasteiger partial charge in [0.1, 0.15) is 25.8 Å². The van der Waals surface area contributed by atoms with Gasteiger partial charge in [-0.25, -0.2) is 4.98 Å². The predicted molar refractivity (Wildman–Crippen MR) is 93.1 cm³/mol. The van der Waals surface area contributed by atoms with Gasteiger partial charge in [-0.05, 0) is 24.6 Å². The monoisotopic (exact) mass is 321 g/mol. The van der Waals surface area contributed by atoms with Crippen LogP contribution in [0.4, 0.5) is 0 Å². The van der Waals surface area contributed by atoms with Crippen LogP contribution in [-0.2, 0) is 11.4 Å². The standard InChI is InChI=1S/C19H19N3O2/c1-15-7-9-16(10-8-15)13-24-18-6-4-3-5-17(18)19(21-23-2)22-12-11-20-14-22/h3-12,14H,13H2,1-2H3. The summed E-state index contributed by atoms with van der Waals surface area (Å²) in [6, 6.07) is 16.0. The molecule has 0 saturated carbocycles. The van der Waals surface area contributed by atoms with Gasteiger partial charge < -0.3 is 9.57 Å². The van der Waals surface area contributed by atoms with Crippen LogP contribution >= 0.6 is 0 Å². The highest BCUT2D eigenvalue weighted by Crippen LogP contribution is 2.21. The number of oxime groups is 1. The van der Waals surface area contributed by atoms with Crippen molar-refractivity contribution in [2.24, 2.45) is 5.16 Å². The third kappa shape index (κ3) is 3.63. The van der Waals surface area contributed by atoms with Crippen molar-refractivity contribution in [1.82, 2.24) is 9.55 Å². The maximum atomic E-state index is 6.02. The number of benzene rings is 2.